The lowest BCUT2D eigenvalue weighted by Gasteiger charge is -2.14. The van der Waals surface area contributed by atoms with Gasteiger partial charge in [0.15, 0.2) is 5.78 Å². The summed E-state index contributed by atoms with van der Waals surface area (Å²) in [6.45, 7) is 1.80. The maximum atomic E-state index is 12.6. The molecule has 1 aliphatic heterocycles. The summed E-state index contributed by atoms with van der Waals surface area (Å²) in [7, 11) is 0. The molecule has 0 radical (unpaired) electrons. The van der Waals surface area contributed by atoms with Gasteiger partial charge in [0.1, 0.15) is 0 Å². The first kappa shape index (κ1) is 15.1. The molecule has 1 aromatic carbocycles. The zero-order valence-electron chi connectivity index (χ0n) is 14.3. The lowest BCUT2D eigenvalue weighted by atomic mass is 9.90. The van der Waals surface area contributed by atoms with E-state index in [2.05, 4.69) is 15.6 Å². The van der Waals surface area contributed by atoms with Gasteiger partial charge in [0.2, 0.25) is 0 Å². The molecule has 1 spiro atoms. The van der Waals surface area contributed by atoms with Gasteiger partial charge in [-0.1, -0.05) is 0 Å². The van der Waals surface area contributed by atoms with E-state index in [0.29, 0.717) is 12.0 Å². The highest BCUT2D eigenvalue weighted by molar-refractivity contribution is 6.06. The van der Waals surface area contributed by atoms with Crippen LogP contribution in [-0.2, 0) is 5.41 Å². The first-order chi connectivity index (χ1) is 12.2. The largest absolute Gasteiger partial charge is 0.352 e. The van der Waals surface area contributed by atoms with Crippen LogP contribution in [0.25, 0.3) is 10.9 Å². The number of fused-ring (bicyclic) bond motifs is 4. The molecular weight excluding hydrogens is 314 g/mol. The fraction of sp³-hybridized carbons (Fsp3) is 0.500. The molecule has 2 fully saturated rings. The Hall–Kier alpha value is -2.14. The minimum Gasteiger partial charge on any atom is -0.352 e. The minimum atomic E-state index is -0.0182. The van der Waals surface area contributed by atoms with Gasteiger partial charge in [0.05, 0.1) is 5.69 Å². The third-order valence-corrected chi connectivity index (χ3v) is 6.18. The third kappa shape index (κ3) is 2.41. The van der Waals surface area contributed by atoms with Gasteiger partial charge in [0, 0.05) is 35.5 Å². The number of amides is 1. The summed E-state index contributed by atoms with van der Waals surface area (Å²) in [4.78, 5) is 28.5. The van der Waals surface area contributed by atoms with Crippen LogP contribution in [0.15, 0.2) is 18.2 Å². The second-order valence-corrected chi connectivity index (χ2v) is 7.86. The molecule has 3 aliphatic rings. The number of aromatic nitrogens is 1. The van der Waals surface area contributed by atoms with Crippen molar-refractivity contribution in [2.45, 2.75) is 50.0 Å². The summed E-state index contributed by atoms with van der Waals surface area (Å²) < 4.78 is 0. The van der Waals surface area contributed by atoms with Crippen LogP contribution in [0.4, 0.5) is 0 Å². The molecule has 1 amide bonds. The molecule has 25 heavy (non-hydrogen) atoms. The van der Waals surface area contributed by atoms with E-state index in [4.69, 9.17) is 0 Å². The molecule has 5 rings (SSSR count). The molecular formula is C20H23N3O2. The number of benzene rings is 1. The van der Waals surface area contributed by atoms with Crippen molar-refractivity contribution in [2.75, 3.05) is 13.1 Å². The molecule has 1 atom stereocenters. The van der Waals surface area contributed by atoms with Crippen LogP contribution in [0.2, 0.25) is 0 Å². The lowest BCUT2D eigenvalue weighted by molar-refractivity contribution is 0.0938. The van der Waals surface area contributed by atoms with Crippen molar-refractivity contribution >= 4 is 22.6 Å². The van der Waals surface area contributed by atoms with Crippen molar-refractivity contribution in [3.8, 4) is 0 Å². The molecule has 1 saturated heterocycles. The summed E-state index contributed by atoms with van der Waals surface area (Å²) in [6.07, 6.45) is 5.98. The number of nitrogens with one attached hydrogen (secondary N) is 3. The Labute approximate surface area is 146 Å². The lowest BCUT2D eigenvalue weighted by Crippen LogP contribution is -2.36. The van der Waals surface area contributed by atoms with Crippen LogP contribution in [-0.4, -0.2) is 35.8 Å². The highest BCUT2D eigenvalue weighted by Gasteiger charge is 2.48. The maximum Gasteiger partial charge on any atom is 0.251 e. The number of hydrogen-bond acceptors (Lipinski definition) is 3. The molecule has 1 unspecified atom stereocenters. The molecule has 130 valence electrons. The fourth-order valence-corrected chi connectivity index (χ4v) is 4.63. The van der Waals surface area contributed by atoms with Crippen LogP contribution in [0.1, 0.15) is 64.9 Å². The highest BCUT2D eigenvalue weighted by Crippen LogP contribution is 2.56. The van der Waals surface area contributed by atoms with E-state index in [-0.39, 0.29) is 23.1 Å². The quantitative estimate of drug-likeness (QED) is 0.789. The number of carbonyl (C=O) groups is 2. The Kier molecular flexibility index (Phi) is 3.29. The average Bonchev–Trinajstić information content (AvgIpc) is 3.06. The summed E-state index contributed by atoms with van der Waals surface area (Å²) in [5.74, 6) is 0.202. The number of H-pyrrole nitrogens is 1. The number of aromatic amines is 1. The standard InChI is InChI=1S/C20H23N3O2/c24-16-2-1-6-20(7-8-20)17-14-10-12(3-4-15(14)23-18(16)17)19(25)22-13-5-9-21-11-13/h3-4,10,13,21,23H,1-2,5-9,11H2,(H,22,25). The topological polar surface area (TPSA) is 74.0 Å². The Balaban J connectivity index is 1.56. The van der Waals surface area contributed by atoms with Crippen LogP contribution in [0.3, 0.4) is 0 Å². The smallest absolute Gasteiger partial charge is 0.251 e. The number of rotatable bonds is 2. The third-order valence-electron chi connectivity index (χ3n) is 6.18. The predicted molar refractivity (Wildman–Crippen MR) is 96.1 cm³/mol. The van der Waals surface area contributed by atoms with E-state index in [0.717, 1.165) is 61.8 Å². The van der Waals surface area contributed by atoms with Crippen molar-refractivity contribution in [3.05, 3.63) is 35.0 Å². The first-order valence-electron chi connectivity index (χ1n) is 9.37. The van der Waals surface area contributed by atoms with Crippen molar-refractivity contribution in [2.24, 2.45) is 0 Å². The van der Waals surface area contributed by atoms with Gasteiger partial charge in [-0.15, -0.1) is 0 Å². The second-order valence-electron chi connectivity index (χ2n) is 7.86. The van der Waals surface area contributed by atoms with E-state index in [1.54, 1.807) is 0 Å². The summed E-state index contributed by atoms with van der Waals surface area (Å²) in [5.41, 5.74) is 3.81. The van der Waals surface area contributed by atoms with Crippen molar-refractivity contribution in [1.82, 2.24) is 15.6 Å². The fourth-order valence-electron chi connectivity index (χ4n) is 4.63. The Morgan fingerprint density at radius 3 is 2.88 bits per heavy atom. The number of ketones is 1. The van der Waals surface area contributed by atoms with E-state index in [9.17, 15) is 9.59 Å². The maximum absolute atomic E-state index is 12.6. The number of carbonyl (C=O) groups excluding carboxylic acids is 2. The number of hydrogen-bond donors (Lipinski definition) is 3. The summed E-state index contributed by atoms with van der Waals surface area (Å²) in [5, 5.41) is 7.45. The van der Waals surface area contributed by atoms with Crippen molar-refractivity contribution in [3.63, 3.8) is 0 Å². The van der Waals surface area contributed by atoms with Gasteiger partial charge >= 0.3 is 0 Å². The molecule has 3 N–H and O–H groups in total. The Bertz CT molecular complexity index is 872. The second kappa shape index (κ2) is 5.43. The molecule has 2 heterocycles. The molecule has 1 saturated carbocycles. The Morgan fingerprint density at radius 2 is 2.12 bits per heavy atom. The molecule has 0 bridgehead atoms. The van der Waals surface area contributed by atoms with Crippen molar-refractivity contribution < 1.29 is 9.59 Å². The van der Waals surface area contributed by atoms with Crippen molar-refractivity contribution in [1.29, 1.82) is 0 Å². The first-order valence-corrected chi connectivity index (χ1v) is 9.37. The van der Waals surface area contributed by atoms with E-state index >= 15 is 0 Å². The van der Waals surface area contributed by atoms with Gasteiger partial charge in [-0.05, 0) is 67.8 Å². The van der Waals surface area contributed by atoms with Gasteiger partial charge in [-0.25, -0.2) is 0 Å². The van der Waals surface area contributed by atoms with Gasteiger partial charge in [-0.2, -0.15) is 0 Å². The minimum absolute atomic E-state index is 0.0182. The van der Waals surface area contributed by atoms with Crippen LogP contribution in [0.5, 0.6) is 0 Å². The van der Waals surface area contributed by atoms with E-state index in [1.807, 2.05) is 18.2 Å². The zero-order chi connectivity index (χ0) is 17.0. The Morgan fingerprint density at radius 1 is 1.24 bits per heavy atom. The molecule has 1 aromatic heterocycles. The molecule has 2 aliphatic carbocycles. The zero-order valence-corrected chi connectivity index (χ0v) is 14.3. The SMILES string of the molecule is O=C(NC1CCNC1)c1ccc2[nH]c3c(c2c1)C1(CCCC3=O)CC1. The van der Waals surface area contributed by atoms with Gasteiger partial charge in [-0.3, -0.25) is 9.59 Å². The van der Waals surface area contributed by atoms with E-state index in [1.165, 1.54) is 5.56 Å². The summed E-state index contributed by atoms with van der Waals surface area (Å²) in [6, 6.07) is 6.01. The predicted octanol–water partition coefficient (Wildman–Crippen LogP) is 2.66. The number of Topliss-reactive ketones (excluding diaryl/α,β-unsaturated/α-hetero) is 1. The normalized spacial score (nSPS) is 24.3. The van der Waals surface area contributed by atoms with Gasteiger partial charge in [0.25, 0.3) is 5.91 Å². The monoisotopic (exact) mass is 337 g/mol. The molecule has 5 heteroatoms. The average molecular weight is 337 g/mol. The highest BCUT2D eigenvalue weighted by atomic mass is 16.1. The molecule has 2 aromatic rings. The van der Waals surface area contributed by atoms with Crippen LogP contribution < -0.4 is 10.6 Å². The summed E-state index contributed by atoms with van der Waals surface area (Å²) >= 11 is 0. The van der Waals surface area contributed by atoms with Crippen LogP contribution in [0, 0.1) is 0 Å². The molecule has 5 nitrogen and oxygen atoms in total. The van der Waals surface area contributed by atoms with Crippen LogP contribution >= 0.6 is 0 Å². The van der Waals surface area contributed by atoms with E-state index < -0.39 is 0 Å². The van der Waals surface area contributed by atoms with Gasteiger partial charge < -0.3 is 15.6 Å².